The van der Waals surface area contributed by atoms with Crippen LogP contribution in [0.2, 0.25) is 10.0 Å². The summed E-state index contributed by atoms with van der Waals surface area (Å²) in [6.07, 6.45) is 0. The topological polar surface area (TPSA) is 9.23 Å². The first-order valence-electron chi connectivity index (χ1n) is 9.38. The number of hydrogen-bond acceptors (Lipinski definition) is 1. The van der Waals surface area contributed by atoms with Crippen LogP contribution in [0.25, 0.3) is 33.4 Å². The second-order valence-corrected chi connectivity index (χ2v) is 7.65. The molecule has 29 heavy (non-hydrogen) atoms. The van der Waals surface area contributed by atoms with Crippen molar-refractivity contribution in [1.29, 1.82) is 0 Å². The van der Waals surface area contributed by atoms with E-state index in [1.165, 1.54) is 0 Å². The summed E-state index contributed by atoms with van der Waals surface area (Å²) in [6.45, 7) is 2.11. The van der Waals surface area contributed by atoms with Crippen molar-refractivity contribution < 1.29 is 4.74 Å². The number of benzene rings is 4. The Bertz CT molecular complexity index is 1180. The molecule has 4 aromatic carbocycles. The Hall–Kier alpha value is -2.74. The Kier molecular flexibility index (Phi) is 5.62. The smallest absolute Gasteiger partial charge is 0.127 e. The van der Waals surface area contributed by atoms with Crippen LogP contribution in [0.5, 0.6) is 5.75 Å². The van der Waals surface area contributed by atoms with Gasteiger partial charge in [0.05, 0.1) is 7.11 Å². The van der Waals surface area contributed by atoms with Gasteiger partial charge in [-0.1, -0.05) is 89.9 Å². The molecule has 0 heterocycles. The molecule has 0 aliphatic heterocycles. The minimum absolute atomic E-state index is 0.685. The Morgan fingerprint density at radius 2 is 1.03 bits per heavy atom. The van der Waals surface area contributed by atoms with E-state index in [0.717, 1.165) is 49.7 Å². The van der Waals surface area contributed by atoms with E-state index < -0.39 is 0 Å². The van der Waals surface area contributed by atoms with Crippen LogP contribution in [-0.4, -0.2) is 7.11 Å². The van der Waals surface area contributed by atoms with Gasteiger partial charge in [-0.15, -0.1) is 0 Å². The van der Waals surface area contributed by atoms with E-state index in [9.17, 15) is 0 Å². The summed E-state index contributed by atoms with van der Waals surface area (Å²) in [5.74, 6) is 0.780. The minimum atomic E-state index is 0.685. The normalized spacial score (nSPS) is 10.8. The standard InChI is InChI=1S/C26H20Cl2O/c1-17-9-7-12-18(25(17)20-10-3-5-14-22(20)27)19-13-8-16-24(29-2)26(19)21-11-4-6-15-23(21)28/h3-16H,1-2H3. The van der Waals surface area contributed by atoms with Crippen molar-refractivity contribution in [2.45, 2.75) is 6.92 Å². The van der Waals surface area contributed by atoms with Crippen LogP contribution in [0.4, 0.5) is 0 Å². The molecule has 0 amide bonds. The molecule has 0 unspecified atom stereocenters. The first-order chi connectivity index (χ1) is 14.1. The highest BCUT2D eigenvalue weighted by molar-refractivity contribution is 6.34. The Labute approximate surface area is 181 Å². The molecule has 4 aromatic rings. The average molecular weight is 419 g/mol. The maximum atomic E-state index is 6.58. The summed E-state index contributed by atoms with van der Waals surface area (Å²) in [5, 5.41) is 1.41. The van der Waals surface area contributed by atoms with Gasteiger partial charge in [-0.2, -0.15) is 0 Å². The van der Waals surface area contributed by atoms with Gasteiger partial charge in [-0.05, 0) is 47.4 Å². The van der Waals surface area contributed by atoms with Crippen molar-refractivity contribution in [3.63, 3.8) is 0 Å². The molecule has 0 saturated carbocycles. The average Bonchev–Trinajstić information content (AvgIpc) is 2.74. The number of hydrogen-bond donors (Lipinski definition) is 0. The van der Waals surface area contributed by atoms with Crippen molar-refractivity contribution in [2.75, 3.05) is 7.11 Å². The van der Waals surface area contributed by atoms with Gasteiger partial charge in [-0.3, -0.25) is 0 Å². The van der Waals surface area contributed by atoms with Gasteiger partial charge in [0.25, 0.3) is 0 Å². The molecular formula is C26H20Cl2O. The summed E-state index contributed by atoms with van der Waals surface area (Å²) in [6, 6.07) is 28.2. The zero-order valence-corrected chi connectivity index (χ0v) is 17.8. The lowest BCUT2D eigenvalue weighted by Crippen LogP contribution is -1.95. The quantitative estimate of drug-likeness (QED) is 0.323. The van der Waals surface area contributed by atoms with Crippen LogP contribution >= 0.6 is 23.2 Å². The van der Waals surface area contributed by atoms with Crippen LogP contribution in [0, 0.1) is 6.92 Å². The van der Waals surface area contributed by atoms with Crippen molar-refractivity contribution in [3.05, 3.63) is 101 Å². The van der Waals surface area contributed by atoms with Gasteiger partial charge in [0.1, 0.15) is 5.75 Å². The predicted molar refractivity (Wildman–Crippen MR) is 124 cm³/mol. The SMILES string of the molecule is COc1cccc(-c2cccc(C)c2-c2ccccc2Cl)c1-c1ccccc1Cl. The molecule has 0 N–H and O–H groups in total. The molecule has 0 aromatic heterocycles. The van der Waals surface area contributed by atoms with Gasteiger partial charge in [0.15, 0.2) is 0 Å². The van der Waals surface area contributed by atoms with Crippen LogP contribution in [-0.2, 0) is 0 Å². The van der Waals surface area contributed by atoms with Crippen LogP contribution in [0.15, 0.2) is 84.9 Å². The van der Waals surface area contributed by atoms with Crippen LogP contribution < -0.4 is 4.74 Å². The van der Waals surface area contributed by atoms with Crippen LogP contribution in [0.3, 0.4) is 0 Å². The molecule has 0 bridgehead atoms. The van der Waals surface area contributed by atoms with Gasteiger partial charge < -0.3 is 4.74 Å². The molecule has 0 atom stereocenters. The largest absolute Gasteiger partial charge is 0.496 e. The summed E-state index contributed by atoms with van der Waals surface area (Å²) in [7, 11) is 1.69. The highest BCUT2D eigenvalue weighted by atomic mass is 35.5. The lowest BCUT2D eigenvalue weighted by Gasteiger charge is -2.20. The van der Waals surface area contributed by atoms with E-state index in [0.29, 0.717) is 5.02 Å². The molecule has 3 heteroatoms. The third-order valence-electron chi connectivity index (χ3n) is 5.10. The van der Waals surface area contributed by atoms with Crippen molar-refractivity contribution in [1.82, 2.24) is 0 Å². The number of aryl methyl sites for hydroxylation is 1. The number of rotatable bonds is 4. The Morgan fingerprint density at radius 1 is 0.552 bits per heavy atom. The van der Waals surface area contributed by atoms with E-state index in [2.05, 4.69) is 37.3 Å². The molecule has 144 valence electrons. The minimum Gasteiger partial charge on any atom is -0.496 e. The lowest BCUT2D eigenvalue weighted by molar-refractivity contribution is 0.416. The zero-order chi connectivity index (χ0) is 20.4. The van der Waals surface area contributed by atoms with Crippen molar-refractivity contribution in [3.8, 4) is 39.1 Å². The van der Waals surface area contributed by atoms with Crippen molar-refractivity contribution >= 4 is 23.2 Å². The van der Waals surface area contributed by atoms with E-state index >= 15 is 0 Å². The molecule has 4 rings (SSSR count). The molecular weight excluding hydrogens is 399 g/mol. The van der Waals surface area contributed by atoms with Crippen molar-refractivity contribution in [2.24, 2.45) is 0 Å². The van der Waals surface area contributed by atoms with E-state index in [4.69, 9.17) is 27.9 Å². The molecule has 0 aliphatic rings. The third-order valence-corrected chi connectivity index (χ3v) is 5.75. The summed E-state index contributed by atoms with van der Waals surface area (Å²) in [4.78, 5) is 0. The molecule has 0 spiro atoms. The van der Waals surface area contributed by atoms with Gasteiger partial charge in [0.2, 0.25) is 0 Å². The van der Waals surface area contributed by atoms with Gasteiger partial charge in [0, 0.05) is 26.7 Å². The maximum Gasteiger partial charge on any atom is 0.127 e. The number of ether oxygens (including phenoxy) is 1. The highest BCUT2D eigenvalue weighted by Crippen LogP contribution is 2.46. The third kappa shape index (κ3) is 3.64. The molecule has 1 nitrogen and oxygen atoms in total. The Balaban J connectivity index is 2.07. The molecule has 0 aliphatic carbocycles. The fourth-order valence-corrected chi connectivity index (χ4v) is 4.24. The van der Waals surface area contributed by atoms with E-state index in [-0.39, 0.29) is 0 Å². The van der Waals surface area contributed by atoms with Crippen LogP contribution in [0.1, 0.15) is 5.56 Å². The second-order valence-electron chi connectivity index (χ2n) is 6.84. The molecule has 0 saturated heterocycles. The maximum absolute atomic E-state index is 6.58. The fraction of sp³-hybridized carbons (Fsp3) is 0.0769. The second kappa shape index (κ2) is 8.32. The van der Waals surface area contributed by atoms with E-state index in [1.54, 1.807) is 7.11 Å². The first-order valence-corrected chi connectivity index (χ1v) is 10.1. The first kappa shape index (κ1) is 19.6. The Morgan fingerprint density at radius 3 is 1.62 bits per heavy atom. The summed E-state index contributed by atoms with van der Waals surface area (Å²) < 4.78 is 5.73. The zero-order valence-electron chi connectivity index (χ0n) is 16.2. The summed E-state index contributed by atoms with van der Waals surface area (Å²) in [5.41, 5.74) is 7.33. The van der Waals surface area contributed by atoms with Gasteiger partial charge >= 0.3 is 0 Å². The molecule has 0 radical (unpaired) electrons. The highest BCUT2D eigenvalue weighted by Gasteiger charge is 2.19. The number of methoxy groups -OCH3 is 1. The fourth-order valence-electron chi connectivity index (χ4n) is 3.78. The lowest BCUT2D eigenvalue weighted by atomic mass is 9.87. The summed E-state index contributed by atoms with van der Waals surface area (Å²) >= 11 is 13.2. The van der Waals surface area contributed by atoms with Gasteiger partial charge in [-0.25, -0.2) is 0 Å². The number of halogens is 2. The van der Waals surface area contributed by atoms with E-state index in [1.807, 2.05) is 54.6 Å². The monoisotopic (exact) mass is 418 g/mol. The molecule has 0 fully saturated rings. The predicted octanol–water partition coefficient (Wildman–Crippen LogP) is 8.31.